The van der Waals surface area contributed by atoms with Crippen molar-refractivity contribution in [2.24, 2.45) is 0 Å². The second-order valence-corrected chi connectivity index (χ2v) is 5.94. The Morgan fingerprint density at radius 1 is 1.41 bits per heavy atom. The van der Waals surface area contributed by atoms with E-state index in [4.69, 9.17) is 12.2 Å². The number of benzene rings is 1. The smallest absolute Gasteiger partial charge is 0.184 e. The molecule has 0 aliphatic heterocycles. The van der Waals surface area contributed by atoms with E-state index < -0.39 is 0 Å². The highest BCUT2D eigenvalue weighted by molar-refractivity contribution is 8.01. The van der Waals surface area contributed by atoms with Crippen LogP contribution in [-0.4, -0.2) is 15.5 Å². The first-order valence-corrected chi connectivity index (χ1v) is 7.20. The van der Waals surface area contributed by atoms with Crippen LogP contribution < -0.4 is 0 Å². The van der Waals surface area contributed by atoms with Crippen LogP contribution >= 0.6 is 35.3 Å². The molecule has 0 saturated carbocycles. The molecule has 86 valence electrons. The molecule has 0 aliphatic carbocycles. The summed E-state index contributed by atoms with van der Waals surface area (Å²) in [5, 5.41) is 4.48. The first kappa shape index (κ1) is 12.4. The number of aromatic nitrogens is 2. The van der Waals surface area contributed by atoms with Crippen molar-refractivity contribution < 1.29 is 0 Å². The van der Waals surface area contributed by atoms with Crippen LogP contribution in [0.15, 0.2) is 34.7 Å². The number of rotatable bonds is 3. The van der Waals surface area contributed by atoms with Gasteiger partial charge in [-0.1, -0.05) is 47.2 Å². The zero-order valence-electron chi connectivity index (χ0n) is 9.21. The lowest BCUT2D eigenvalue weighted by Gasteiger charge is -1.98. The fourth-order valence-electron chi connectivity index (χ4n) is 1.22. The lowest BCUT2D eigenvalue weighted by atomic mass is 10.3. The third kappa shape index (κ3) is 3.19. The minimum atomic E-state index is 0.758. The molecule has 0 bridgehead atoms. The highest BCUT2D eigenvalue weighted by atomic mass is 32.2. The summed E-state index contributed by atoms with van der Waals surface area (Å²) in [7, 11) is 0. The molecule has 0 aliphatic rings. The molecule has 1 heterocycles. The van der Waals surface area contributed by atoms with E-state index in [1.54, 1.807) is 16.4 Å². The largest absolute Gasteiger partial charge is 0.211 e. The van der Waals surface area contributed by atoms with Gasteiger partial charge in [0.15, 0.2) is 8.29 Å². The average molecular weight is 278 g/mol. The van der Waals surface area contributed by atoms with Crippen molar-refractivity contribution in [2.75, 3.05) is 5.75 Å². The first-order chi connectivity index (χ1) is 8.31. The van der Waals surface area contributed by atoms with Gasteiger partial charge in [0.1, 0.15) is 0 Å². The van der Waals surface area contributed by atoms with Crippen LogP contribution in [0.4, 0.5) is 0 Å². The lowest BCUT2D eigenvalue weighted by molar-refractivity contribution is 0.830. The van der Waals surface area contributed by atoms with Crippen molar-refractivity contribution in [3.63, 3.8) is 0 Å². The highest BCUT2D eigenvalue weighted by Crippen LogP contribution is 2.23. The molecule has 0 amide bonds. The number of para-hydroxylation sites is 1. The second kappa shape index (κ2) is 6.01. The Labute approximate surface area is 114 Å². The molecule has 0 radical (unpaired) electrons. The fourth-order valence-corrected chi connectivity index (χ4v) is 3.40. The molecule has 0 saturated heterocycles. The normalized spacial score (nSPS) is 9.71. The minimum absolute atomic E-state index is 0.758. The summed E-state index contributed by atoms with van der Waals surface area (Å²) in [5.74, 6) is 6.62. The molecule has 2 rings (SSSR count). The predicted molar refractivity (Wildman–Crippen MR) is 76.4 cm³/mol. The van der Waals surface area contributed by atoms with Crippen molar-refractivity contribution >= 4 is 35.3 Å². The number of hydrogen-bond acceptors (Lipinski definition) is 4. The Morgan fingerprint density at radius 3 is 2.88 bits per heavy atom. The molecule has 0 spiro atoms. The van der Waals surface area contributed by atoms with E-state index in [1.807, 2.05) is 37.3 Å². The van der Waals surface area contributed by atoms with Crippen LogP contribution in [0, 0.1) is 15.8 Å². The van der Waals surface area contributed by atoms with Crippen molar-refractivity contribution in [1.82, 2.24) is 9.78 Å². The molecule has 0 fully saturated rings. The Balaban J connectivity index is 2.25. The molecule has 0 atom stereocenters. The Kier molecular flexibility index (Phi) is 4.37. The molecule has 2 nitrogen and oxygen atoms in total. The van der Waals surface area contributed by atoms with Gasteiger partial charge in [0, 0.05) is 0 Å². The Hall–Kier alpha value is -1.09. The fraction of sp³-hybridized carbons (Fsp3) is 0.167. The van der Waals surface area contributed by atoms with E-state index in [0.717, 1.165) is 19.7 Å². The van der Waals surface area contributed by atoms with E-state index in [1.165, 1.54) is 11.3 Å². The maximum absolute atomic E-state index is 5.30. The van der Waals surface area contributed by atoms with E-state index in [0.29, 0.717) is 0 Å². The maximum Gasteiger partial charge on any atom is 0.184 e. The minimum Gasteiger partial charge on any atom is -0.211 e. The van der Waals surface area contributed by atoms with Crippen LogP contribution in [0.5, 0.6) is 0 Å². The third-order valence-corrected chi connectivity index (χ3v) is 4.22. The third-order valence-electron chi connectivity index (χ3n) is 1.97. The van der Waals surface area contributed by atoms with Crippen molar-refractivity contribution in [3.05, 3.63) is 34.3 Å². The molecular formula is C12H10N2S3. The topological polar surface area (TPSA) is 17.8 Å². The first-order valence-electron chi connectivity index (χ1n) is 4.99. The van der Waals surface area contributed by atoms with E-state index >= 15 is 0 Å². The molecule has 0 N–H and O–H groups in total. The molecular weight excluding hydrogens is 268 g/mol. The average Bonchev–Trinajstić information content (AvgIpc) is 2.72. The maximum atomic E-state index is 5.30. The predicted octanol–water partition coefficient (Wildman–Crippen LogP) is 3.78. The zero-order chi connectivity index (χ0) is 12.1. The summed E-state index contributed by atoms with van der Waals surface area (Å²) >= 11 is 8.45. The van der Waals surface area contributed by atoms with Crippen LogP contribution in [0.1, 0.15) is 6.92 Å². The molecule has 5 heteroatoms. The van der Waals surface area contributed by atoms with E-state index in [2.05, 4.69) is 16.9 Å². The molecule has 1 aromatic carbocycles. The summed E-state index contributed by atoms with van der Waals surface area (Å²) in [5.41, 5.74) is 1.00. The highest BCUT2D eigenvalue weighted by Gasteiger charge is 2.04. The van der Waals surface area contributed by atoms with Gasteiger partial charge in [-0.3, -0.25) is 0 Å². The van der Waals surface area contributed by atoms with Gasteiger partial charge in [-0.2, -0.15) is 0 Å². The monoisotopic (exact) mass is 278 g/mol. The summed E-state index contributed by atoms with van der Waals surface area (Å²) in [6.45, 7) is 1.84. The van der Waals surface area contributed by atoms with Gasteiger partial charge >= 0.3 is 0 Å². The van der Waals surface area contributed by atoms with Crippen LogP contribution in [-0.2, 0) is 0 Å². The van der Waals surface area contributed by atoms with Gasteiger partial charge in [0.05, 0.1) is 11.4 Å². The summed E-state index contributed by atoms with van der Waals surface area (Å²) in [6, 6.07) is 9.93. The van der Waals surface area contributed by atoms with Crippen molar-refractivity contribution in [1.29, 1.82) is 0 Å². The van der Waals surface area contributed by atoms with Gasteiger partial charge in [0.2, 0.25) is 0 Å². The van der Waals surface area contributed by atoms with Crippen molar-refractivity contribution in [3.8, 4) is 17.5 Å². The Bertz CT molecular complexity index is 602. The van der Waals surface area contributed by atoms with Gasteiger partial charge in [-0.05, 0) is 31.3 Å². The summed E-state index contributed by atoms with van der Waals surface area (Å²) < 4.78 is 3.52. The second-order valence-electron chi connectivity index (χ2n) is 3.10. The summed E-state index contributed by atoms with van der Waals surface area (Å²) in [6.07, 6.45) is 0. The van der Waals surface area contributed by atoms with E-state index in [9.17, 15) is 0 Å². The SMILES string of the molecule is CC#CCSc1nn(-c2ccccc2)c(=S)s1. The molecule has 0 unspecified atom stereocenters. The molecule has 1 aromatic heterocycles. The Morgan fingerprint density at radius 2 is 2.18 bits per heavy atom. The quantitative estimate of drug-likeness (QED) is 0.483. The molecule has 17 heavy (non-hydrogen) atoms. The van der Waals surface area contributed by atoms with Crippen molar-refractivity contribution in [2.45, 2.75) is 11.3 Å². The van der Waals surface area contributed by atoms with Gasteiger partial charge in [0.25, 0.3) is 0 Å². The number of nitrogens with zero attached hydrogens (tertiary/aromatic N) is 2. The lowest BCUT2D eigenvalue weighted by Crippen LogP contribution is -1.95. The molecule has 2 aromatic rings. The van der Waals surface area contributed by atoms with Crippen LogP contribution in [0.25, 0.3) is 5.69 Å². The zero-order valence-corrected chi connectivity index (χ0v) is 11.7. The summed E-state index contributed by atoms with van der Waals surface area (Å²) in [4.78, 5) is 0. The van der Waals surface area contributed by atoms with Gasteiger partial charge in [-0.25, -0.2) is 4.68 Å². The van der Waals surface area contributed by atoms with Crippen LogP contribution in [0.3, 0.4) is 0 Å². The van der Waals surface area contributed by atoms with Gasteiger partial charge in [-0.15, -0.1) is 11.0 Å². The van der Waals surface area contributed by atoms with Gasteiger partial charge < -0.3 is 0 Å². The standard InChI is InChI=1S/C12H10N2S3/c1-2-3-9-16-11-13-14(12(15)17-11)10-7-5-4-6-8-10/h4-8H,9H2,1H3. The van der Waals surface area contributed by atoms with E-state index in [-0.39, 0.29) is 0 Å². The number of thioether (sulfide) groups is 1. The number of hydrogen-bond donors (Lipinski definition) is 0. The van der Waals surface area contributed by atoms with Crippen LogP contribution in [0.2, 0.25) is 0 Å².